The summed E-state index contributed by atoms with van der Waals surface area (Å²) >= 11 is 0. The lowest BCUT2D eigenvalue weighted by Crippen LogP contribution is -2.05. The number of nitrogens with one attached hydrogen (secondary N) is 2. The minimum atomic E-state index is 0.520. The fraction of sp³-hybridized carbons (Fsp3) is 0.238. The minimum Gasteiger partial charge on any atom is -0.495 e. The van der Waals surface area contributed by atoms with Crippen molar-refractivity contribution in [1.29, 1.82) is 0 Å². The number of rotatable bonds is 8. The molecular formula is C21H24N4O3. The van der Waals surface area contributed by atoms with Crippen molar-refractivity contribution in [1.82, 2.24) is 9.97 Å². The van der Waals surface area contributed by atoms with Crippen LogP contribution >= 0.6 is 0 Å². The van der Waals surface area contributed by atoms with E-state index in [4.69, 9.17) is 14.2 Å². The van der Waals surface area contributed by atoms with Crippen LogP contribution in [0.2, 0.25) is 0 Å². The molecule has 0 radical (unpaired) electrons. The standard InChI is InChI=1S/C21H24N4O3/c1-14-5-7-17(26-2)16(11-14)24-20-9-10-22-21(25-20)23-13-15-6-8-18(27-3)19(12-15)28-4/h5-12H,13H2,1-4H3,(H2,22,23,24,25). The van der Waals surface area contributed by atoms with E-state index in [1.807, 2.05) is 49.4 Å². The van der Waals surface area contributed by atoms with Crippen LogP contribution in [0.1, 0.15) is 11.1 Å². The van der Waals surface area contributed by atoms with Crippen molar-refractivity contribution in [3.05, 3.63) is 59.8 Å². The number of methoxy groups -OCH3 is 3. The van der Waals surface area contributed by atoms with Gasteiger partial charge in [0.05, 0.1) is 27.0 Å². The summed E-state index contributed by atoms with van der Waals surface area (Å²) in [4.78, 5) is 8.80. The number of ether oxygens (including phenoxy) is 3. The average Bonchev–Trinajstić information content (AvgIpc) is 2.72. The zero-order valence-corrected chi connectivity index (χ0v) is 16.4. The maximum Gasteiger partial charge on any atom is 0.224 e. The normalized spacial score (nSPS) is 10.3. The number of nitrogens with zero attached hydrogens (tertiary/aromatic N) is 2. The van der Waals surface area contributed by atoms with E-state index in [0.717, 1.165) is 22.6 Å². The Morgan fingerprint density at radius 3 is 2.36 bits per heavy atom. The number of aromatic nitrogens is 2. The molecule has 0 saturated carbocycles. The van der Waals surface area contributed by atoms with Crippen LogP contribution in [0.5, 0.6) is 17.2 Å². The van der Waals surface area contributed by atoms with Gasteiger partial charge in [-0.15, -0.1) is 0 Å². The second-order valence-corrected chi connectivity index (χ2v) is 6.14. The number of anilines is 3. The van der Waals surface area contributed by atoms with Gasteiger partial charge in [-0.25, -0.2) is 4.98 Å². The summed E-state index contributed by atoms with van der Waals surface area (Å²) in [6.07, 6.45) is 1.70. The van der Waals surface area contributed by atoms with Gasteiger partial charge in [0.2, 0.25) is 5.95 Å². The zero-order valence-electron chi connectivity index (χ0n) is 16.4. The third kappa shape index (κ3) is 4.62. The summed E-state index contributed by atoms with van der Waals surface area (Å²) in [5, 5.41) is 6.51. The lowest BCUT2D eigenvalue weighted by molar-refractivity contribution is 0.354. The summed E-state index contributed by atoms with van der Waals surface area (Å²) in [5.74, 6) is 3.33. The number of hydrogen-bond acceptors (Lipinski definition) is 7. The average molecular weight is 380 g/mol. The Bertz CT molecular complexity index is 947. The quantitative estimate of drug-likeness (QED) is 0.607. The van der Waals surface area contributed by atoms with Gasteiger partial charge < -0.3 is 24.8 Å². The van der Waals surface area contributed by atoms with E-state index >= 15 is 0 Å². The maximum absolute atomic E-state index is 5.41. The molecule has 0 amide bonds. The molecule has 1 heterocycles. The Hall–Kier alpha value is -3.48. The highest BCUT2D eigenvalue weighted by molar-refractivity contribution is 5.65. The lowest BCUT2D eigenvalue weighted by Gasteiger charge is -2.13. The zero-order chi connectivity index (χ0) is 19.9. The molecular weight excluding hydrogens is 356 g/mol. The Morgan fingerprint density at radius 1 is 0.857 bits per heavy atom. The molecule has 0 fully saturated rings. The van der Waals surface area contributed by atoms with Crippen LogP contribution in [0.15, 0.2) is 48.7 Å². The monoisotopic (exact) mass is 380 g/mol. The Labute approximate surface area is 164 Å². The summed E-state index contributed by atoms with van der Waals surface area (Å²) in [6, 6.07) is 13.5. The summed E-state index contributed by atoms with van der Waals surface area (Å²) in [5.41, 5.74) is 3.01. The molecule has 2 N–H and O–H groups in total. The third-order valence-corrected chi connectivity index (χ3v) is 4.17. The SMILES string of the molecule is COc1ccc(C)cc1Nc1ccnc(NCc2ccc(OC)c(OC)c2)n1. The molecule has 0 bridgehead atoms. The summed E-state index contributed by atoms with van der Waals surface area (Å²) in [6.45, 7) is 2.58. The van der Waals surface area contributed by atoms with E-state index in [1.54, 1.807) is 27.5 Å². The fourth-order valence-electron chi connectivity index (χ4n) is 2.74. The van der Waals surface area contributed by atoms with Crippen LogP contribution in [0.3, 0.4) is 0 Å². The van der Waals surface area contributed by atoms with Gasteiger partial charge in [0, 0.05) is 12.7 Å². The highest BCUT2D eigenvalue weighted by atomic mass is 16.5. The molecule has 0 aliphatic heterocycles. The first-order chi connectivity index (χ1) is 13.6. The van der Waals surface area contributed by atoms with Crippen molar-refractivity contribution in [3.63, 3.8) is 0 Å². The van der Waals surface area contributed by atoms with E-state index in [0.29, 0.717) is 29.8 Å². The first-order valence-electron chi connectivity index (χ1n) is 8.82. The highest BCUT2D eigenvalue weighted by Gasteiger charge is 2.07. The van der Waals surface area contributed by atoms with Crippen molar-refractivity contribution in [2.24, 2.45) is 0 Å². The van der Waals surface area contributed by atoms with Gasteiger partial charge in [-0.1, -0.05) is 12.1 Å². The summed E-state index contributed by atoms with van der Waals surface area (Å²) < 4.78 is 16.0. The van der Waals surface area contributed by atoms with Gasteiger partial charge in [0.25, 0.3) is 0 Å². The number of benzene rings is 2. The van der Waals surface area contributed by atoms with Crippen LogP contribution in [-0.2, 0) is 6.54 Å². The highest BCUT2D eigenvalue weighted by Crippen LogP contribution is 2.29. The molecule has 7 heteroatoms. The van der Waals surface area contributed by atoms with Gasteiger partial charge in [-0.2, -0.15) is 4.98 Å². The van der Waals surface area contributed by atoms with Crippen LogP contribution in [-0.4, -0.2) is 31.3 Å². The molecule has 0 aliphatic rings. The van der Waals surface area contributed by atoms with Crippen molar-refractivity contribution >= 4 is 17.5 Å². The first kappa shape index (κ1) is 19.3. The van der Waals surface area contributed by atoms with E-state index in [-0.39, 0.29) is 0 Å². The molecule has 2 aromatic carbocycles. The molecule has 1 aromatic heterocycles. The molecule has 0 saturated heterocycles. The Balaban J connectivity index is 1.71. The van der Waals surface area contributed by atoms with Gasteiger partial charge in [-0.3, -0.25) is 0 Å². The van der Waals surface area contributed by atoms with Crippen molar-refractivity contribution in [2.45, 2.75) is 13.5 Å². The lowest BCUT2D eigenvalue weighted by atomic mass is 10.2. The first-order valence-corrected chi connectivity index (χ1v) is 8.82. The van der Waals surface area contributed by atoms with Crippen LogP contribution < -0.4 is 24.8 Å². The molecule has 0 unspecified atom stereocenters. The predicted octanol–water partition coefficient (Wildman–Crippen LogP) is 4.17. The third-order valence-electron chi connectivity index (χ3n) is 4.17. The van der Waals surface area contributed by atoms with Gasteiger partial charge in [-0.05, 0) is 48.4 Å². The second-order valence-electron chi connectivity index (χ2n) is 6.14. The van der Waals surface area contributed by atoms with Crippen molar-refractivity contribution in [3.8, 4) is 17.2 Å². The molecule has 3 aromatic rings. The smallest absolute Gasteiger partial charge is 0.224 e. The molecule has 28 heavy (non-hydrogen) atoms. The molecule has 7 nitrogen and oxygen atoms in total. The van der Waals surface area contributed by atoms with Gasteiger partial charge in [0.1, 0.15) is 11.6 Å². The molecule has 0 spiro atoms. The van der Waals surface area contributed by atoms with Crippen LogP contribution in [0.25, 0.3) is 0 Å². The van der Waals surface area contributed by atoms with Crippen LogP contribution in [0.4, 0.5) is 17.5 Å². The molecule has 0 atom stereocenters. The molecule has 146 valence electrons. The van der Waals surface area contributed by atoms with Gasteiger partial charge in [0.15, 0.2) is 11.5 Å². The molecule has 0 aliphatic carbocycles. The largest absolute Gasteiger partial charge is 0.495 e. The predicted molar refractivity (Wildman–Crippen MR) is 110 cm³/mol. The number of hydrogen-bond donors (Lipinski definition) is 2. The number of aryl methyl sites for hydroxylation is 1. The Morgan fingerprint density at radius 2 is 1.61 bits per heavy atom. The minimum absolute atomic E-state index is 0.520. The molecule has 3 rings (SSSR count). The van der Waals surface area contributed by atoms with Crippen LogP contribution in [0, 0.1) is 6.92 Å². The van der Waals surface area contributed by atoms with Crippen molar-refractivity contribution < 1.29 is 14.2 Å². The fourth-order valence-corrected chi connectivity index (χ4v) is 2.74. The maximum atomic E-state index is 5.41. The van der Waals surface area contributed by atoms with E-state index < -0.39 is 0 Å². The van der Waals surface area contributed by atoms with E-state index in [1.165, 1.54) is 0 Å². The van der Waals surface area contributed by atoms with Gasteiger partial charge >= 0.3 is 0 Å². The topological polar surface area (TPSA) is 77.5 Å². The van der Waals surface area contributed by atoms with E-state index in [2.05, 4.69) is 20.6 Å². The second kappa shape index (κ2) is 8.94. The van der Waals surface area contributed by atoms with Crippen molar-refractivity contribution in [2.75, 3.05) is 32.0 Å². The Kier molecular flexibility index (Phi) is 6.16. The summed E-state index contributed by atoms with van der Waals surface area (Å²) in [7, 11) is 4.88. The van der Waals surface area contributed by atoms with E-state index in [9.17, 15) is 0 Å².